The SMILES string of the molecule is Cc1cc(C)nc(NC(=O)C2CCNCC2)n1. The first-order chi connectivity index (χ1) is 8.15. The van der Waals surface area contributed by atoms with Crippen LogP contribution >= 0.6 is 0 Å². The van der Waals surface area contributed by atoms with Gasteiger partial charge in [-0.2, -0.15) is 0 Å². The fraction of sp³-hybridized carbons (Fsp3) is 0.583. The maximum atomic E-state index is 12.0. The van der Waals surface area contributed by atoms with Crippen LogP contribution in [0.4, 0.5) is 5.95 Å². The van der Waals surface area contributed by atoms with E-state index in [9.17, 15) is 4.79 Å². The molecule has 1 aliphatic rings. The van der Waals surface area contributed by atoms with Gasteiger partial charge in [0.05, 0.1) is 0 Å². The Labute approximate surface area is 101 Å². The van der Waals surface area contributed by atoms with Gasteiger partial charge in [0.2, 0.25) is 11.9 Å². The molecule has 0 spiro atoms. The van der Waals surface area contributed by atoms with Gasteiger partial charge >= 0.3 is 0 Å². The summed E-state index contributed by atoms with van der Waals surface area (Å²) < 4.78 is 0. The molecule has 0 aromatic carbocycles. The van der Waals surface area contributed by atoms with Crippen LogP contribution in [-0.4, -0.2) is 29.0 Å². The van der Waals surface area contributed by atoms with E-state index in [4.69, 9.17) is 0 Å². The number of nitrogens with one attached hydrogen (secondary N) is 2. The molecule has 2 rings (SSSR count). The molecule has 0 radical (unpaired) electrons. The average Bonchev–Trinajstić information content (AvgIpc) is 2.28. The third-order valence-electron chi connectivity index (χ3n) is 2.93. The second-order valence-corrected chi connectivity index (χ2v) is 4.49. The lowest BCUT2D eigenvalue weighted by molar-refractivity contribution is -0.120. The molecule has 2 heterocycles. The number of carbonyl (C=O) groups excluding carboxylic acids is 1. The van der Waals surface area contributed by atoms with Gasteiger partial charge in [0, 0.05) is 17.3 Å². The number of aromatic nitrogens is 2. The zero-order valence-corrected chi connectivity index (χ0v) is 10.3. The predicted molar refractivity (Wildman–Crippen MR) is 65.7 cm³/mol. The van der Waals surface area contributed by atoms with Crippen molar-refractivity contribution < 1.29 is 4.79 Å². The molecule has 0 atom stereocenters. The Bertz CT molecular complexity index is 393. The second-order valence-electron chi connectivity index (χ2n) is 4.49. The van der Waals surface area contributed by atoms with Gasteiger partial charge in [-0.05, 0) is 45.8 Å². The number of anilines is 1. The van der Waals surface area contributed by atoms with E-state index >= 15 is 0 Å². The van der Waals surface area contributed by atoms with E-state index in [2.05, 4.69) is 20.6 Å². The predicted octanol–water partition coefficient (Wildman–Crippen LogP) is 1.03. The molecule has 0 bridgehead atoms. The van der Waals surface area contributed by atoms with Gasteiger partial charge < -0.3 is 5.32 Å². The van der Waals surface area contributed by atoms with Crippen molar-refractivity contribution in [2.24, 2.45) is 5.92 Å². The highest BCUT2D eigenvalue weighted by molar-refractivity contribution is 5.91. The van der Waals surface area contributed by atoms with Crippen molar-refractivity contribution in [3.05, 3.63) is 17.5 Å². The fourth-order valence-electron chi connectivity index (χ4n) is 2.08. The van der Waals surface area contributed by atoms with Crippen molar-refractivity contribution in [2.45, 2.75) is 26.7 Å². The topological polar surface area (TPSA) is 66.9 Å². The Kier molecular flexibility index (Phi) is 3.68. The van der Waals surface area contributed by atoms with Gasteiger partial charge in [-0.25, -0.2) is 9.97 Å². The number of amides is 1. The van der Waals surface area contributed by atoms with Crippen molar-refractivity contribution in [1.82, 2.24) is 15.3 Å². The van der Waals surface area contributed by atoms with E-state index in [-0.39, 0.29) is 11.8 Å². The van der Waals surface area contributed by atoms with Crippen molar-refractivity contribution in [3.63, 3.8) is 0 Å². The van der Waals surface area contributed by atoms with E-state index in [1.54, 1.807) is 0 Å². The molecule has 1 amide bonds. The molecule has 1 saturated heterocycles. The molecule has 5 heteroatoms. The lowest BCUT2D eigenvalue weighted by Gasteiger charge is -2.21. The quantitative estimate of drug-likeness (QED) is 0.802. The average molecular weight is 234 g/mol. The number of piperidine rings is 1. The first kappa shape index (κ1) is 12.0. The van der Waals surface area contributed by atoms with Crippen LogP contribution in [0.1, 0.15) is 24.2 Å². The molecule has 17 heavy (non-hydrogen) atoms. The molecule has 0 aliphatic carbocycles. The van der Waals surface area contributed by atoms with Crippen LogP contribution in [0.3, 0.4) is 0 Å². The first-order valence-electron chi connectivity index (χ1n) is 5.99. The van der Waals surface area contributed by atoms with E-state index in [0.717, 1.165) is 37.3 Å². The maximum Gasteiger partial charge on any atom is 0.229 e. The van der Waals surface area contributed by atoms with Crippen molar-refractivity contribution in [1.29, 1.82) is 0 Å². The summed E-state index contributed by atoms with van der Waals surface area (Å²) in [5.41, 5.74) is 1.75. The lowest BCUT2D eigenvalue weighted by Crippen LogP contribution is -2.35. The molecule has 2 N–H and O–H groups in total. The van der Waals surface area contributed by atoms with Gasteiger partial charge in [-0.15, -0.1) is 0 Å². The summed E-state index contributed by atoms with van der Waals surface area (Å²) in [4.78, 5) is 20.4. The summed E-state index contributed by atoms with van der Waals surface area (Å²) in [5.74, 6) is 0.545. The fourth-order valence-corrected chi connectivity index (χ4v) is 2.08. The lowest BCUT2D eigenvalue weighted by atomic mass is 9.97. The van der Waals surface area contributed by atoms with E-state index in [0.29, 0.717) is 5.95 Å². The Morgan fingerprint density at radius 2 is 1.88 bits per heavy atom. The Balaban J connectivity index is 2.01. The zero-order chi connectivity index (χ0) is 12.3. The Morgan fingerprint density at radius 1 is 1.29 bits per heavy atom. The number of rotatable bonds is 2. The third kappa shape index (κ3) is 3.23. The molecule has 1 aliphatic heterocycles. The van der Waals surface area contributed by atoms with E-state index < -0.39 is 0 Å². The second kappa shape index (κ2) is 5.23. The van der Waals surface area contributed by atoms with Crippen LogP contribution in [0.5, 0.6) is 0 Å². The molecule has 1 aromatic rings. The highest BCUT2D eigenvalue weighted by Gasteiger charge is 2.21. The summed E-state index contributed by atoms with van der Waals surface area (Å²) in [6.45, 7) is 5.61. The van der Waals surface area contributed by atoms with Crippen molar-refractivity contribution in [2.75, 3.05) is 18.4 Å². The van der Waals surface area contributed by atoms with Gasteiger partial charge in [-0.1, -0.05) is 0 Å². The minimum absolute atomic E-state index is 0.0384. The van der Waals surface area contributed by atoms with Crippen LogP contribution in [0, 0.1) is 19.8 Å². The molecular weight excluding hydrogens is 216 g/mol. The summed E-state index contributed by atoms with van der Waals surface area (Å²) >= 11 is 0. The first-order valence-corrected chi connectivity index (χ1v) is 5.99. The van der Waals surface area contributed by atoms with Crippen LogP contribution in [0.15, 0.2) is 6.07 Å². The standard InChI is InChI=1S/C12H18N4O/c1-8-7-9(2)15-12(14-8)16-11(17)10-3-5-13-6-4-10/h7,10,13H,3-6H2,1-2H3,(H,14,15,16,17). The molecule has 0 saturated carbocycles. The highest BCUT2D eigenvalue weighted by atomic mass is 16.2. The van der Waals surface area contributed by atoms with Gasteiger partial charge in [0.1, 0.15) is 0 Å². The normalized spacial score (nSPS) is 16.8. The van der Waals surface area contributed by atoms with Crippen molar-refractivity contribution in [3.8, 4) is 0 Å². The molecule has 0 unspecified atom stereocenters. The minimum atomic E-state index is 0.0384. The number of aryl methyl sites for hydroxylation is 2. The maximum absolute atomic E-state index is 12.0. The summed E-state index contributed by atoms with van der Waals surface area (Å²) in [6, 6.07) is 1.89. The van der Waals surface area contributed by atoms with Crippen LogP contribution in [0.2, 0.25) is 0 Å². The van der Waals surface area contributed by atoms with Crippen LogP contribution in [-0.2, 0) is 4.79 Å². The van der Waals surface area contributed by atoms with E-state index in [1.807, 2.05) is 19.9 Å². The van der Waals surface area contributed by atoms with Crippen LogP contribution < -0.4 is 10.6 Å². The highest BCUT2D eigenvalue weighted by Crippen LogP contribution is 2.14. The van der Waals surface area contributed by atoms with Crippen molar-refractivity contribution >= 4 is 11.9 Å². The molecule has 5 nitrogen and oxygen atoms in total. The van der Waals surface area contributed by atoms with Crippen LogP contribution in [0.25, 0.3) is 0 Å². The Hall–Kier alpha value is -1.49. The minimum Gasteiger partial charge on any atom is -0.317 e. The summed E-state index contributed by atoms with van der Waals surface area (Å²) in [5, 5.41) is 6.04. The molecule has 92 valence electrons. The number of carbonyl (C=O) groups is 1. The molecular formula is C12H18N4O. The van der Waals surface area contributed by atoms with Gasteiger partial charge in [-0.3, -0.25) is 10.1 Å². The largest absolute Gasteiger partial charge is 0.317 e. The third-order valence-corrected chi connectivity index (χ3v) is 2.93. The summed E-state index contributed by atoms with van der Waals surface area (Å²) in [7, 11) is 0. The summed E-state index contributed by atoms with van der Waals surface area (Å²) in [6.07, 6.45) is 1.77. The monoisotopic (exact) mass is 234 g/mol. The smallest absolute Gasteiger partial charge is 0.229 e. The number of hydrogen-bond acceptors (Lipinski definition) is 4. The molecule has 1 fully saturated rings. The van der Waals surface area contributed by atoms with Gasteiger partial charge in [0.15, 0.2) is 0 Å². The zero-order valence-electron chi connectivity index (χ0n) is 10.3. The number of nitrogens with zero attached hydrogens (tertiary/aromatic N) is 2. The van der Waals surface area contributed by atoms with Gasteiger partial charge in [0.25, 0.3) is 0 Å². The number of hydrogen-bond donors (Lipinski definition) is 2. The Morgan fingerprint density at radius 3 is 2.47 bits per heavy atom. The van der Waals surface area contributed by atoms with E-state index in [1.165, 1.54) is 0 Å². The molecule has 1 aromatic heterocycles.